The number of hydrogen-bond acceptors (Lipinski definition) is 2. The molecule has 100 valence electrons. The zero-order valence-electron chi connectivity index (χ0n) is 10.7. The maximum atomic E-state index is 13.9. The van der Waals surface area contributed by atoms with Crippen LogP contribution in [0.15, 0.2) is 46.9 Å². The second-order valence-corrected chi connectivity index (χ2v) is 5.26. The Hall–Kier alpha value is -1.55. The van der Waals surface area contributed by atoms with Crippen molar-refractivity contribution in [3.05, 3.63) is 58.3 Å². The Balaban J connectivity index is 2.24. The predicted molar refractivity (Wildman–Crippen MR) is 81.7 cm³/mol. The molecule has 0 radical (unpaired) electrons. The third-order valence-corrected chi connectivity index (χ3v) is 3.49. The lowest BCUT2D eigenvalue weighted by molar-refractivity contribution is 0.604. The molecule has 0 aliphatic carbocycles. The maximum absolute atomic E-state index is 13.9. The van der Waals surface area contributed by atoms with Crippen molar-refractivity contribution >= 4 is 27.3 Å². The van der Waals surface area contributed by atoms with Crippen molar-refractivity contribution in [3.8, 4) is 0 Å². The molecule has 2 aromatic rings. The zero-order valence-corrected chi connectivity index (χ0v) is 12.3. The van der Waals surface area contributed by atoms with Gasteiger partial charge < -0.3 is 10.6 Å². The normalized spacial score (nSPS) is 10.5. The third kappa shape index (κ3) is 3.47. The smallest absolute Gasteiger partial charge is 0.129 e. The van der Waals surface area contributed by atoms with Crippen LogP contribution in [0.4, 0.5) is 15.8 Å². The summed E-state index contributed by atoms with van der Waals surface area (Å²) in [5, 5.41) is 0. The zero-order chi connectivity index (χ0) is 13.8. The molecule has 0 amide bonds. The van der Waals surface area contributed by atoms with E-state index in [0.717, 1.165) is 16.7 Å². The van der Waals surface area contributed by atoms with E-state index >= 15 is 0 Å². The molecule has 0 aliphatic rings. The number of nitrogens with two attached hydrogens (primary N) is 1. The van der Waals surface area contributed by atoms with Crippen LogP contribution in [0.5, 0.6) is 0 Å². The van der Waals surface area contributed by atoms with Gasteiger partial charge in [-0.3, -0.25) is 0 Å². The first kappa shape index (κ1) is 13.9. The fourth-order valence-electron chi connectivity index (χ4n) is 1.96. The number of hydrogen-bond donors (Lipinski definition) is 1. The van der Waals surface area contributed by atoms with Gasteiger partial charge in [-0.2, -0.15) is 0 Å². The Morgan fingerprint density at radius 1 is 1.21 bits per heavy atom. The molecule has 0 saturated heterocycles. The summed E-state index contributed by atoms with van der Waals surface area (Å²) in [6.07, 6.45) is 0. The summed E-state index contributed by atoms with van der Waals surface area (Å²) in [5.41, 5.74) is 8.18. The van der Waals surface area contributed by atoms with Crippen molar-refractivity contribution in [2.75, 3.05) is 17.2 Å². The summed E-state index contributed by atoms with van der Waals surface area (Å²) in [7, 11) is 0. The first-order chi connectivity index (χ1) is 9.10. The molecule has 0 heterocycles. The van der Waals surface area contributed by atoms with Gasteiger partial charge in [-0.05, 0) is 37.3 Å². The van der Waals surface area contributed by atoms with Gasteiger partial charge in [-0.15, -0.1) is 0 Å². The monoisotopic (exact) mass is 322 g/mol. The summed E-state index contributed by atoms with van der Waals surface area (Å²) in [6.45, 7) is 3.36. The van der Waals surface area contributed by atoms with Gasteiger partial charge in [-0.1, -0.05) is 28.1 Å². The van der Waals surface area contributed by atoms with Gasteiger partial charge >= 0.3 is 0 Å². The van der Waals surface area contributed by atoms with E-state index in [2.05, 4.69) is 20.8 Å². The standard InChI is InChI=1S/C15H16BrFN2/c1-2-19(14-5-3-4-13(18)9-14)10-11-6-7-12(16)8-15(11)17/h3-9H,2,10,18H2,1H3. The number of nitrogens with zero attached hydrogens (tertiary/aromatic N) is 1. The van der Waals surface area contributed by atoms with E-state index in [1.54, 1.807) is 6.07 Å². The van der Waals surface area contributed by atoms with Crippen molar-refractivity contribution < 1.29 is 4.39 Å². The van der Waals surface area contributed by atoms with E-state index in [4.69, 9.17) is 5.73 Å². The lowest BCUT2D eigenvalue weighted by Crippen LogP contribution is -2.22. The second-order valence-electron chi connectivity index (χ2n) is 4.34. The Morgan fingerprint density at radius 2 is 2.00 bits per heavy atom. The minimum atomic E-state index is -0.197. The fourth-order valence-corrected chi connectivity index (χ4v) is 2.30. The molecule has 2 aromatic carbocycles. The summed E-state index contributed by atoms with van der Waals surface area (Å²) in [6, 6.07) is 12.8. The van der Waals surface area contributed by atoms with Crippen LogP contribution in [0.1, 0.15) is 12.5 Å². The largest absolute Gasteiger partial charge is 0.399 e. The molecule has 0 aliphatic heterocycles. The Labute approximate surface area is 121 Å². The molecule has 19 heavy (non-hydrogen) atoms. The lowest BCUT2D eigenvalue weighted by Gasteiger charge is -2.23. The summed E-state index contributed by atoms with van der Waals surface area (Å²) >= 11 is 3.26. The fraction of sp³-hybridized carbons (Fsp3) is 0.200. The third-order valence-electron chi connectivity index (χ3n) is 2.99. The first-order valence-corrected chi connectivity index (χ1v) is 6.94. The van der Waals surface area contributed by atoms with Crippen LogP contribution in [-0.4, -0.2) is 6.54 Å². The van der Waals surface area contributed by atoms with E-state index in [1.807, 2.05) is 37.3 Å². The minimum absolute atomic E-state index is 0.197. The Morgan fingerprint density at radius 3 is 2.63 bits per heavy atom. The predicted octanol–water partition coefficient (Wildman–Crippen LogP) is 4.20. The van der Waals surface area contributed by atoms with Gasteiger partial charge in [0.05, 0.1) is 0 Å². The summed E-state index contributed by atoms with van der Waals surface area (Å²) < 4.78 is 14.6. The van der Waals surface area contributed by atoms with Crippen molar-refractivity contribution in [2.45, 2.75) is 13.5 Å². The SMILES string of the molecule is CCN(Cc1ccc(Br)cc1F)c1cccc(N)c1. The maximum Gasteiger partial charge on any atom is 0.129 e. The van der Waals surface area contributed by atoms with Crippen LogP contribution in [0.3, 0.4) is 0 Å². The molecule has 4 heteroatoms. The quantitative estimate of drug-likeness (QED) is 0.855. The molecular formula is C15H16BrFN2. The highest BCUT2D eigenvalue weighted by Gasteiger charge is 2.09. The molecule has 0 unspecified atom stereocenters. The second kappa shape index (κ2) is 6.06. The number of benzene rings is 2. The molecule has 0 spiro atoms. The van der Waals surface area contributed by atoms with Gasteiger partial charge in [0.25, 0.3) is 0 Å². The number of nitrogen functional groups attached to an aromatic ring is 1. The summed E-state index contributed by atoms with van der Waals surface area (Å²) in [4.78, 5) is 2.09. The van der Waals surface area contributed by atoms with Crippen LogP contribution in [0, 0.1) is 5.82 Å². The van der Waals surface area contributed by atoms with Crippen LogP contribution in [0.25, 0.3) is 0 Å². The molecule has 2 N–H and O–H groups in total. The van der Waals surface area contributed by atoms with Crippen LogP contribution < -0.4 is 10.6 Å². The molecule has 0 bridgehead atoms. The van der Waals surface area contributed by atoms with Gasteiger partial charge in [-0.25, -0.2) is 4.39 Å². The molecule has 2 rings (SSSR count). The molecule has 2 nitrogen and oxygen atoms in total. The average molecular weight is 323 g/mol. The highest BCUT2D eigenvalue weighted by molar-refractivity contribution is 9.10. The highest BCUT2D eigenvalue weighted by Crippen LogP contribution is 2.22. The molecule has 0 aromatic heterocycles. The highest BCUT2D eigenvalue weighted by atomic mass is 79.9. The Bertz CT molecular complexity index is 572. The number of rotatable bonds is 4. The van der Waals surface area contributed by atoms with E-state index in [1.165, 1.54) is 6.07 Å². The number of anilines is 2. The van der Waals surface area contributed by atoms with Crippen LogP contribution in [-0.2, 0) is 6.54 Å². The van der Waals surface area contributed by atoms with Crippen molar-refractivity contribution in [1.82, 2.24) is 0 Å². The van der Waals surface area contributed by atoms with E-state index in [9.17, 15) is 4.39 Å². The van der Waals surface area contributed by atoms with Gasteiger partial charge in [0, 0.05) is 34.5 Å². The van der Waals surface area contributed by atoms with Gasteiger partial charge in [0.2, 0.25) is 0 Å². The van der Waals surface area contributed by atoms with Crippen molar-refractivity contribution in [1.29, 1.82) is 0 Å². The molecule has 0 atom stereocenters. The van der Waals surface area contributed by atoms with Crippen LogP contribution in [0.2, 0.25) is 0 Å². The van der Waals surface area contributed by atoms with E-state index < -0.39 is 0 Å². The summed E-state index contributed by atoms with van der Waals surface area (Å²) in [5.74, 6) is -0.197. The van der Waals surface area contributed by atoms with Crippen LogP contribution >= 0.6 is 15.9 Å². The topological polar surface area (TPSA) is 29.3 Å². The first-order valence-electron chi connectivity index (χ1n) is 6.14. The van der Waals surface area contributed by atoms with Gasteiger partial charge in [0.1, 0.15) is 5.82 Å². The minimum Gasteiger partial charge on any atom is -0.399 e. The van der Waals surface area contributed by atoms with Gasteiger partial charge in [0.15, 0.2) is 0 Å². The van der Waals surface area contributed by atoms with E-state index in [0.29, 0.717) is 17.8 Å². The molecule has 0 saturated carbocycles. The lowest BCUT2D eigenvalue weighted by atomic mass is 10.1. The number of halogens is 2. The molecule has 0 fully saturated rings. The van der Waals surface area contributed by atoms with Crippen molar-refractivity contribution in [3.63, 3.8) is 0 Å². The molecular weight excluding hydrogens is 307 g/mol. The van der Waals surface area contributed by atoms with Crippen molar-refractivity contribution in [2.24, 2.45) is 0 Å². The average Bonchev–Trinajstić information content (AvgIpc) is 2.38. The Kier molecular flexibility index (Phi) is 4.43. The van der Waals surface area contributed by atoms with E-state index in [-0.39, 0.29) is 5.82 Å².